The van der Waals surface area contributed by atoms with Crippen LogP contribution in [-0.2, 0) is 31.8 Å². The van der Waals surface area contributed by atoms with Crippen molar-refractivity contribution in [2.24, 2.45) is 5.92 Å². The molecular weight excluding hydrogens is 731 g/mol. The van der Waals surface area contributed by atoms with Gasteiger partial charge >= 0.3 is 0 Å². The Kier molecular flexibility index (Phi) is 15.7. The summed E-state index contributed by atoms with van der Waals surface area (Å²) >= 11 is 0. The highest BCUT2D eigenvalue weighted by Crippen LogP contribution is 2.24. The second-order valence-electron chi connectivity index (χ2n) is 14.1. The second-order valence-corrected chi connectivity index (χ2v) is 16.1. The van der Waals surface area contributed by atoms with Gasteiger partial charge in [0.1, 0.15) is 6.04 Å². The van der Waals surface area contributed by atoms with Gasteiger partial charge in [-0.2, -0.15) is 0 Å². The quantitative estimate of drug-likeness (QED) is 0.0943. The molecule has 4 rings (SSSR count). The van der Waals surface area contributed by atoms with Crippen LogP contribution < -0.4 is 30.9 Å². The Hall–Kier alpha value is -5.60. The number of sulfonamides is 1. The molecule has 0 aliphatic heterocycles. The van der Waals surface area contributed by atoms with E-state index in [4.69, 9.17) is 0 Å². The zero-order chi connectivity index (χ0) is 40.8. The van der Waals surface area contributed by atoms with Crippen molar-refractivity contribution in [2.75, 3.05) is 24.4 Å². The molecule has 56 heavy (non-hydrogen) atoms. The van der Waals surface area contributed by atoms with E-state index in [0.29, 0.717) is 18.5 Å². The molecule has 5 N–H and O–H groups in total. The molecule has 0 spiro atoms. The summed E-state index contributed by atoms with van der Waals surface area (Å²) in [4.78, 5) is 57.8. The summed E-state index contributed by atoms with van der Waals surface area (Å²) < 4.78 is 28.4. The SMILES string of the molecule is CCNC(=O)[C@@H](NC(=O)[C@H](C)NC[C@H](Cc1ccccc1)NC(=O)c1cc(C(=O)NC(C)c2cccnc2)cc(N(C)S(=O)(=O)Cc2ccccc2)c1)C(C)C. The molecule has 0 radical (unpaired) electrons. The van der Waals surface area contributed by atoms with E-state index in [9.17, 15) is 27.6 Å². The molecule has 4 amide bonds. The van der Waals surface area contributed by atoms with Crippen molar-refractivity contribution in [1.82, 2.24) is 31.6 Å². The van der Waals surface area contributed by atoms with E-state index in [1.165, 1.54) is 25.2 Å². The Morgan fingerprint density at radius 1 is 0.750 bits per heavy atom. The lowest BCUT2D eigenvalue weighted by molar-refractivity contribution is -0.130. The van der Waals surface area contributed by atoms with Crippen LogP contribution in [-0.4, -0.2) is 75.3 Å². The Bertz CT molecular complexity index is 2030. The second kappa shape index (κ2) is 20.4. The molecule has 4 aromatic rings. The van der Waals surface area contributed by atoms with Crippen LogP contribution in [0.1, 0.15) is 78.1 Å². The number of benzene rings is 3. The van der Waals surface area contributed by atoms with Crippen molar-refractivity contribution in [3.8, 4) is 0 Å². The molecule has 0 saturated heterocycles. The van der Waals surface area contributed by atoms with Crippen LogP contribution in [0.4, 0.5) is 5.69 Å². The minimum atomic E-state index is -3.94. The summed E-state index contributed by atoms with van der Waals surface area (Å²) in [5.41, 5.74) is 2.55. The number of likely N-dealkylation sites (N-methyl/N-ethyl adjacent to an activating group) is 1. The van der Waals surface area contributed by atoms with Gasteiger partial charge in [0.25, 0.3) is 11.8 Å². The van der Waals surface area contributed by atoms with Gasteiger partial charge in [-0.25, -0.2) is 8.42 Å². The average molecular weight is 784 g/mol. The predicted octanol–water partition coefficient (Wildman–Crippen LogP) is 4.13. The summed E-state index contributed by atoms with van der Waals surface area (Å²) in [6.45, 7) is 9.60. The maximum absolute atomic E-state index is 14.1. The highest BCUT2D eigenvalue weighted by Gasteiger charge is 2.27. The fourth-order valence-corrected chi connectivity index (χ4v) is 7.18. The van der Waals surface area contributed by atoms with Crippen LogP contribution in [0.3, 0.4) is 0 Å². The first kappa shape index (κ1) is 43.1. The third-order valence-corrected chi connectivity index (χ3v) is 11.0. The van der Waals surface area contributed by atoms with E-state index in [1.807, 2.05) is 57.2 Å². The number of carbonyl (C=O) groups is 4. The Morgan fingerprint density at radius 3 is 1.93 bits per heavy atom. The van der Waals surface area contributed by atoms with Crippen molar-refractivity contribution >= 4 is 39.3 Å². The summed E-state index contributed by atoms with van der Waals surface area (Å²) in [6.07, 6.45) is 3.66. The van der Waals surface area contributed by atoms with Crippen LogP contribution in [0.25, 0.3) is 0 Å². The first-order chi connectivity index (χ1) is 26.7. The normalized spacial score (nSPS) is 13.5. The number of amides is 4. The third-order valence-electron chi connectivity index (χ3n) is 9.27. The molecule has 0 saturated carbocycles. The summed E-state index contributed by atoms with van der Waals surface area (Å²) in [7, 11) is -2.55. The van der Waals surface area contributed by atoms with E-state index in [-0.39, 0.29) is 46.8 Å². The third kappa shape index (κ3) is 12.5. The molecule has 0 aliphatic carbocycles. The summed E-state index contributed by atoms with van der Waals surface area (Å²) in [5.74, 6) is -2.14. The van der Waals surface area contributed by atoms with E-state index in [2.05, 4.69) is 31.6 Å². The van der Waals surface area contributed by atoms with Gasteiger partial charge in [0.15, 0.2) is 0 Å². The van der Waals surface area contributed by atoms with Gasteiger partial charge in [0, 0.05) is 49.7 Å². The first-order valence-corrected chi connectivity index (χ1v) is 20.3. The zero-order valence-corrected chi connectivity index (χ0v) is 33.6. The lowest BCUT2D eigenvalue weighted by atomic mass is 10.0. The summed E-state index contributed by atoms with van der Waals surface area (Å²) in [5, 5.41) is 14.8. The molecule has 0 fully saturated rings. The molecule has 298 valence electrons. The molecule has 0 aliphatic rings. The van der Waals surface area contributed by atoms with E-state index in [1.54, 1.807) is 62.6 Å². The monoisotopic (exact) mass is 783 g/mol. The minimum absolute atomic E-state index is 0.0639. The molecule has 3 aromatic carbocycles. The number of pyridine rings is 1. The molecule has 1 aromatic heterocycles. The van der Waals surface area contributed by atoms with E-state index in [0.717, 1.165) is 15.4 Å². The largest absolute Gasteiger partial charge is 0.355 e. The van der Waals surface area contributed by atoms with E-state index >= 15 is 0 Å². The highest BCUT2D eigenvalue weighted by molar-refractivity contribution is 7.92. The number of aromatic nitrogens is 1. The molecule has 0 bridgehead atoms. The van der Waals surface area contributed by atoms with Crippen LogP contribution >= 0.6 is 0 Å². The van der Waals surface area contributed by atoms with E-state index < -0.39 is 46.0 Å². The van der Waals surface area contributed by atoms with Crippen LogP contribution in [0.15, 0.2) is 103 Å². The standard InChI is InChI=1S/C42H53N7O6S/c1-7-44-42(53)38(28(2)3)48-39(50)30(5)45-26-36(21-31-15-10-8-11-16-31)47-41(52)35-22-34(40(51)46-29(4)33-19-14-20-43-25-33)23-37(24-35)49(6)56(54,55)27-32-17-12-9-13-18-32/h8-20,22-25,28-30,36,38,45H,7,21,26-27H2,1-6H3,(H,44,53)(H,46,51)(H,47,52)(H,48,50)/t29?,30-,36-,38-/m0/s1. The summed E-state index contributed by atoms with van der Waals surface area (Å²) in [6, 6.07) is 23.7. The highest BCUT2D eigenvalue weighted by atomic mass is 32.2. The number of nitrogens with one attached hydrogen (secondary N) is 5. The Morgan fingerprint density at radius 2 is 1.36 bits per heavy atom. The zero-order valence-electron chi connectivity index (χ0n) is 32.8. The smallest absolute Gasteiger partial charge is 0.251 e. The molecule has 4 atom stereocenters. The molecule has 14 heteroatoms. The maximum atomic E-state index is 14.1. The van der Waals surface area contributed by atoms with Gasteiger partial charge in [-0.3, -0.25) is 28.5 Å². The number of hydrogen-bond donors (Lipinski definition) is 5. The molecular formula is C42H53N7O6S. The van der Waals surface area contributed by atoms with Crippen LogP contribution in [0.5, 0.6) is 0 Å². The Balaban J connectivity index is 1.62. The lowest BCUT2D eigenvalue weighted by Crippen LogP contribution is -2.55. The van der Waals surface area contributed by atoms with Crippen molar-refractivity contribution < 1.29 is 27.6 Å². The van der Waals surface area contributed by atoms with Crippen molar-refractivity contribution in [1.29, 1.82) is 0 Å². The van der Waals surface area contributed by atoms with Crippen LogP contribution in [0, 0.1) is 5.92 Å². The maximum Gasteiger partial charge on any atom is 0.251 e. The molecule has 13 nitrogen and oxygen atoms in total. The molecule has 1 unspecified atom stereocenters. The predicted molar refractivity (Wildman–Crippen MR) is 218 cm³/mol. The number of hydrogen-bond acceptors (Lipinski definition) is 8. The topological polar surface area (TPSA) is 179 Å². The van der Waals surface area contributed by atoms with Gasteiger partial charge in [-0.1, -0.05) is 80.6 Å². The number of rotatable bonds is 19. The van der Waals surface area contributed by atoms with Crippen molar-refractivity contribution in [2.45, 2.75) is 71.0 Å². The van der Waals surface area contributed by atoms with Crippen molar-refractivity contribution in [3.63, 3.8) is 0 Å². The van der Waals surface area contributed by atoms with Gasteiger partial charge in [0.05, 0.1) is 23.5 Å². The number of nitrogens with zero attached hydrogens (tertiary/aromatic N) is 2. The van der Waals surface area contributed by atoms with Gasteiger partial charge < -0.3 is 26.6 Å². The average Bonchev–Trinajstić information content (AvgIpc) is 3.19. The fourth-order valence-electron chi connectivity index (χ4n) is 5.94. The fraction of sp³-hybridized carbons (Fsp3) is 0.357. The first-order valence-electron chi connectivity index (χ1n) is 18.7. The van der Waals surface area contributed by atoms with Gasteiger partial charge in [0.2, 0.25) is 21.8 Å². The van der Waals surface area contributed by atoms with Crippen molar-refractivity contribution in [3.05, 3.63) is 131 Å². The Labute approximate surface area is 330 Å². The van der Waals surface area contributed by atoms with Gasteiger partial charge in [-0.15, -0.1) is 0 Å². The number of carbonyl (C=O) groups excluding carboxylic acids is 4. The molecule has 1 heterocycles. The van der Waals surface area contributed by atoms with Crippen LogP contribution in [0.2, 0.25) is 0 Å². The van der Waals surface area contributed by atoms with Gasteiger partial charge in [-0.05, 0) is 74.1 Å². The minimum Gasteiger partial charge on any atom is -0.355 e. The number of anilines is 1. The lowest BCUT2D eigenvalue weighted by Gasteiger charge is -2.26.